The minimum absolute atomic E-state index is 0.201. The van der Waals surface area contributed by atoms with Crippen molar-refractivity contribution in [1.82, 2.24) is 20.3 Å². The third-order valence-corrected chi connectivity index (χ3v) is 3.12. The van der Waals surface area contributed by atoms with Crippen LogP contribution in [0.3, 0.4) is 0 Å². The minimum atomic E-state index is 0.201. The molecule has 1 saturated carbocycles. The Kier molecular flexibility index (Phi) is 3.90. The zero-order valence-corrected chi connectivity index (χ0v) is 9.76. The number of nitrogens with one attached hydrogen (secondary N) is 1. The molecule has 1 aliphatic carbocycles. The van der Waals surface area contributed by atoms with Gasteiger partial charge in [0, 0.05) is 25.9 Å². The van der Waals surface area contributed by atoms with Crippen LogP contribution in [0.25, 0.3) is 0 Å². The Labute approximate surface area is 95.8 Å². The molecule has 2 N–H and O–H groups in total. The van der Waals surface area contributed by atoms with Gasteiger partial charge in [-0.25, -0.2) is 0 Å². The van der Waals surface area contributed by atoms with Crippen LogP contribution in [-0.2, 0) is 13.1 Å². The van der Waals surface area contributed by atoms with E-state index in [1.165, 1.54) is 6.42 Å². The normalized spacial score (nSPS) is 23.6. The van der Waals surface area contributed by atoms with Crippen LogP contribution in [0.1, 0.15) is 25.5 Å². The lowest BCUT2D eigenvalue weighted by Gasteiger charge is -1.99. The third kappa shape index (κ3) is 3.28. The van der Waals surface area contributed by atoms with Gasteiger partial charge in [0.05, 0.1) is 5.69 Å². The number of nitrogens with zero attached hydrogens (tertiary/aromatic N) is 3. The number of aliphatic hydroxyl groups excluding tert-OH is 1. The van der Waals surface area contributed by atoms with Gasteiger partial charge in [0.2, 0.25) is 0 Å². The van der Waals surface area contributed by atoms with Crippen molar-refractivity contribution in [3.8, 4) is 0 Å². The molecule has 90 valence electrons. The van der Waals surface area contributed by atoms with Crippen LogP contribution in [0, 0.1) is 11.8 Å². The number of hydrogen-bond acceptors (Lipinski definition) is 4. The Morgan fingerprint density at radius 2 is 2.44 bits per heavy atom. The van der Waals surface area contributed by atoms with E-state index >= 15 is 0 Å². The van der Waals surface area contributed by atoms with Crippen molar-refractivity contribution < 1.29 is 5.11 Å². The topological polar surface area (TPSA) is 63.0 Å². The summed E-state index contributed by atoms with van der Waals surface area (Å²) in [5.41, 5.74) is 0.978. The fourth-order valence-electron chi connectivity index (χ4n) is 1.83. The van der Waals surface area contributed by atoms with E-state index in [0.29, 0.717) is 0 Å². The lowest BCUT2D eigenvalue weighted by atomic mass is 10.3. The molecule has 16 heavy (non-hydrogen) atoms. The van der Waals surface area contributed by atoms with Crippen LogP contribution in [0.15, 0.2) is 6.20 Å². The van der Waals surface area contributed by atoms with Crippen molar-refractivity contribution in [3.05, 3.63) is 11.9 Å². The van der Waals surface area contributed by atoms with E-state index in [2.05, 4.69) is 22.6 Å². The Morgan fingerprint density at radius 3 is 3.12 bits per heavy atom. The molecule has 0 radical (unpaired) electrons. The third-order valence-electron chi connectivity index (χ3n) is 3.12. The van der Waals surface area contributed by atoms with Crippen LogP contribution >= 0.6 is 0 Å². The van der Waals surface area contributed by atoms with Crippen LogP contribution in [0.2, 0.25) is 0 Å². The highest BCUT2D eigenvalue weighted by Crippen LogP contribution is 2.36. The maximum atomic E-state index is 8.69. The number of hydrogen-bond donors (Lipinski definition) is 2. The maximum Gasteiger partial charge on any atom is 0.0964 e. The minimum Gasteiger partial charge on any atom is -0.396 e. The van der Waals surface area contributed by atoms with Crippen LogP contribution in [-0.4, -0.2) is 33.3 Å². The first-order chi connectivity index (χ1) is 7.79. The Balaban J connectivity index is 1.66. The van der Waals surface area contributed by atoms with Crippen molar-refractivity contribution in [2.75, 3.05) is 13.2 Å². The highest BCUT2D eigenvalue weighted by atomic mass is 16.3. The van der Waals surface area contributed by atoms with Crippen molar-refractivity contribution in [2.45, 2.75) is 32.9 Å². The molecule has 1 aromatic heterocycles. The second kappa shape index (κ2) is 5.41. The molecule has 0 aliphatic heterocycles. The summed E-state index contributed by atoms with van der Waals surface area (Å²) < 4.78 is 1.78. The zero-order chi connectivity index (χ0) is 11.4. The maximum absolute atomic E-state index is 8.69. The first-order valence-corrected chi connectivity index (χ1v) is 6.00. The van der Waals surface area contributed by atoms with Crippen molar-refractivity contribution in [2.24, 2.45) is 11.8 Å². The van der Waals surface area contributed by atoms with Crippen molar-refractivity contribution >= 4 is 0 Å². The van der Waals surface area contributed by atoms with Crippen LogP contribution in [0.5, 0.6) is 0 Å². The fraction of sp³-hybridized carbons (Fsp3) is 0.818. The van der Waals surface area contributed by atoms with Crippen LogP contribution in [0.4, 0.5) is 0 Å². The van der Waals surface area contributed by atoms with Gasteiger partial charge < -0.3 is 10.4 Å². The number of rotatable bonds is 7. The molecular weight excluding hydrogens is 204 g/mol. The number of aryl methyl sites for hydroxylation is 1. The quantitative estimate of drug-likeness (QED) is 0.704. The van der Waals surface area contributed by atoms with Gasteiger partial charge in [-0.05, 0) is 31.2 Å². The summed E-state index contributed by atoms with van der Waals surface area (Å²) in [6, 6.07) is 0. The molecule has 1 fully saturated rings. The molecule has 2 unspecified atom stereocenters. The van der Waals surface area contributed by atoms with Crippen molar-refractivity contribution in [3.63, 3.8) is 0 Å². The Hall–Kier alpha value is -0.940. The summed E-state index contributed by atoms with van der Waals surface area (Å²) >= 11 is 0. The SMILES string of the molecule is CC1CC1CNCc1cn(CCCO)nn1. The fourth-order valence-corrected chi connectivity index (χ4v) is 1.83. The average Bonchev–Trinajstić information content (AvgIpc) is 2.79. The molecular formula is C11H20N4O. The van der Waals surface area contributed by atoms with Gasteiger partial charge in [-0.15, -0.1) is 5.10 Å². The van der Waals surface area contributed by atoms with E-state index in [9.17, 15) is 0 Å². The number of aliphatic hydroxyl groups is 1. The molecule has 0 spiro atoms. The summed E-state index contributed by atoms with van der Waals surface area (Å²) in [7, 11) is 0. The first kappa shape index (κ1) is 11.5. The molecule has 0 bridgehead atoms. The van der Waals surface area contributed by atoms with Gasteiger partial charge in [0.1, 0.15) is 0 Å². The molecule has 0 amide bonds. The second-order valence-electron chi connectivity index (χ2n) is 4.65. The predicted octanol–water partition coefficient (Wildman–Crippen LogP) is 0.406. The average molecular weight is 224 g/mol. The monoisotopic (exact) mass is 224 g/mol. The van der Waals surface area contributed by atoms with E-state index in [-0.39, 0.29) is 6.61 Å². The highest BCUT2D eigenvalue weighted by Gasteiger charge is 2.31. The molecule has 5 nitrogen and oxygen atoms in total. The number of aromatic nitrogens is 3. The standard InChI is InChI=1S/C11H20N4O/c1-9-5-10(9)6-12-7-11-8-15(14-13-11)3-2-4-16/h8-10,12,16H,2-7H2,1H3. The summed E-state index contributed by atoms with van der Waals surface area (Å²) in [6.45, 7) is 5.11. The molecule has 2 rings (SSSR count). The molecule has 0 saturated heterocycles. The van der Waals surface area contributed by atoms with Crippen molar-refractivity contribution in [1.29, 1.82) is 0 Å². The van der Waals surface area contributed by atoms with Gasteiger partial charge in [-0.3, -0.25) is 4.68 Å². The largest absolute Gasteiger partial charge is 0.396 e. The van der Waals surface area contributed by atoms with Gasteiger partial charge in [0.15, 0.2) is 0 Å². The van der Waals surface area contributed by atoms with E-state index in [0.717, 1.165) is 43.6 Å². The smallest absolute Gasteiger partial charge is 0.0964 e. The van der Waals surface area contributed by atoms with Gasteiger partial charge in [-0.1, -0.05) is 12.1 Å². The summed E-state index contributed by atoms with van der Waals surface area (Å²) in [6.07, 6.45) is 4.03. The van der Waals surface area contributed by atoms with Gasteiger partial charge >= 0.3 is 0 Å². The molecule has 1 aliphatic rings. The summed E-state index contributed by atoms with van der Waals surface area (Å²) in [5, 5.41) is 20.2. The Morgan fingerprint density at radius 1 is 1.62 bits per heavy atom. The second-order valence-corrected chi connectivity index (χ2v) is 4.65. The zero-order valence-electron chi connectivity index (χ0n) is 9.76. The molecule has 1 heterocycles. The predicted molar refractivity (Wildman–Crippen MR) is 60.7 cm³/mol. The Bertz CT molecular complexity index is 326. The molecule has 1 aromatic rings. The van der Waals surface area contributed by atoms with Gasteiger partial charge in [-0.2, -0.15) is 0 Å². The highest BCUT2D eigenvalue weighted by molar-refractivity contribution is 4.92. The van der Waals surface area contributed by atoms with E-state index < -0.39 is 0 Å². The molecule has 5 heteroatoms. The lowest BCUT2D eigenvalue weighted by molar-refractivity contribution is 0.276. The summed E-state index contributed by atoms with van der Waals surface area (Å²) in [5.74, 6) is 1.76. The van der Waals surface area contributed by atoms with Crippen LogP contribution < -0.4 is 5.32 Å². The summed E-state index contributed by atoms with van der Waals surface area (Å²) in [4.78, 5) is 0. The molecule has 0 aromatic carbocycles. The van der Waals surface area contributed by atoms with E-state index in [1.807, 2.05) is 6.20 Å². The van der Waals surface area contributed by atoms with E-state index in [1.54, 1.807) is 4.68 Å². The molecule has 2 atom stereocenters. The van der Waals surface area contributed by atoms with Gasteiger partial charge in [0.25, 0.3) is 0 Å². The van der Waals surface area contributed by atoms with E-state index in [4.69, 9.17) is 5.11 Å². The lowest BCUT2D eigenvalue weighted by Crippen LogP contribution is -2.17. The first-order valence-electron chi connectivity index (χ1n) is 6.00.